The molecule has 0 bridgehead atoms. The highest BCUT2D eigenvalue weighted by molar-refractivity contribution is 5.90. The summed E-state index contributed by atoms with van der Waals surface area (Å²) in [5.74, 6) is 0.555. The molecule has 104 valence electrons. The smallest absolute Gasteiger partial charge is 0.338 e. The summed E-state index contributed by atoms with van der Waals surface area (Å²) < 4.78 is 10.4. The van der Waals surface area contributed by atoms with Crippen LogP contribution in [0, 0.1) is 0 Å². The maximum absolute atomic E-state index is 11.7. The van der Waals surface area contributed by atoms with E-state index in [1.165, 1.54) is 0 Å². The van der Waals surface area contributed by atoms with E-state index >= 15 is 0 Å². The van der Waals surface area contributed by atoms with Crippen LogP contribution in [0.15, 0.2) is 40.8 Å². The molecule has 1 aromatic carbocycles. The van der Waals surface area contributed by atoms with Gasteiger partial charge < -0.3 is 9.15 Å². The van der Waals surface area contributed by atoms with E-state index in [0.29, 0.717) is 24.2 Å². The van der Waals surface area contributed by atoms with Crippen LogP contribution in [0.3, 0.4) is 0 Å². The zero-order valence-corrected chi connectivity index (χ0v) is 11.3. The molecule has 4 heteroatoms. The van der Waals surface area contributed by atoms with Crippen LogP contribution in [0.1, 0.15) is 40.7 Å². The Labute approximate surface area is 117 Å². The van der Waals surface area contributed by atoms with Crippen molar-refractivity contribution in [3.8, 4) is 11.3 Å². The van der Waals surface area contributed by atoms with Gasteiger partial charge in [0, 0.05) is 5.56 Å². The summed E-state index contributed by atoms with van der Waals surface area (Å²) in [5.41, 5.74) is 1.32. The highest BCUT2D eigenvalue weighted by atomic mass is 16.5. The Morgan fingerprint density at radius 1 is 1.20 bits per heavy atom. The minimum atomic E-state index is -0.321. The van der Waals surface area contributed by atoms with E-state index in [1.807, 2.05) is 6.92 Å². The van der Waals surface area contributed by atoms with Crippen molar-refractivity contribution in [1.82, 2.24) is 0 Å². The standard InChI is InChI=1S/C16H16O4/c1-2-3-10-19-16(18)13-6-4-12(5-7-13)15-9-8-14(11-17)20-15/h4-9,11H,2-3,10H2,1H3. The topological polar surface area (TPSA) is 56.5 Å². The van der Waals surface area contributed by atoms with Crippen LogP contribution in [0.25, 0.3) is 11.3 Å². The first-order valence-electron chi connectivity index (χ1n) is 6.57. The Morgan fingerprint density at radius 3 is 2.55 bits per heavy atom. The fraction of sp³-hybridized carbons (Fsp3) is 0.250. The van der Waals surface area contributed by atoms with Crippen molar-refractivity contribution in [2.45, 2.75) is 19.8 Å². The largest absolute Gasteiger partial charge is 0.462 e. The van der Waals surface area contributed by atoms with Gasteiger partial charge in [0.05, 0.1) is 12.2 Å². The molecule has 1 aromatic heterocycles. The molecule has 20 heavy (non-hydrogen) atoms. The molecule has 0 aliphatic rings. The molecule has 0 radical (unpaired) electrons. The average Bonchev–Trinajstić information content (AvgIpc) is 2.96. The Balaban J connectivity index is 2.05. The lowest BCUT2D eigenvalue weighted by molar-refractivity contribution is 0.0499. The fourth-order valence-electron chi connectivity index (χ4n) is 1.73. The first-order chi connectivity index (χ1) is 9.74. The molecular weight excluding hydrogens is 256 g/mol. The number of hydrogen-bond acceptors (Lipinski definition) is 4. The Bertz CT molecular complexity index is 581. The summed E-state index contributed by atoms with van der Waals surface area (Å²) in [6, 6.07) is 10.2. The van der Waals surface area contributed by atoms with Gasteiger partial charge in [0.2, 0.25) is 0 Å². The van der Waals surface area contributed by atoms with Crippen LogP contribution >= 0.6 is 0 Å². The van der Waals surface area contributed by atoms with Crippen LogP contribution in [0.4, 0.5) is 0 Å². The normalized spacial score (nSPS) is 10.2. The number of ether oxygens (including phenoxy) is 1. The molecule has 2 rings (SSSR count). The van der Waals surface area contributed by atoms with E-state index in [1.54, 1.807) is 36.4 Å². The lowest BCUT2D eigenvalue weighted by atomic mass is 10.1. The molecule has 0 fully saturated rings. The molecule has 0 saturated heterocycles. The summed E-state index contributed by atoms with van der Waals surface area (Å²) in [6.07, 6.45) is 2.51. The maximum atomic E-state index is 11.7. The first kappa shape index (κ1) is 14.1. The van der Waals surface area contributed by atoms with Gasteiger partial charge >= 0.3 is 5.97 Å². The third kappa shape index (κ3) is 3.35. The van der Waals surface area contributed by atoms with Crippen LogP contribution < -0.4 is 0 Å². The van der Waals surface area contributed by atoms with Gasteiger partial charge in [-0.25, -0.2) is 4.79 Å². The van der Waals surface area contributed by atoms with Gasteiger partial charge in [-0.3, -0.25) is 4.79 Å². The molecule has 0 saturated carbocycles. The van der Waals surface area contributed by atoms with Crippen molar-refractivity contribution in [2.75, 3.05) is 6.61 Å². The number of furan rings is 1. The summed E-state index contributed by atoms with van der Waals surface area (Å²) in [5, 5.41) is 0. The van der Waals surface area contributed by atoms with Crippen LogP contribution in [-0.2, 0) is 4.74 Å². The molecule has 0 unspecified atom stereocenters. The van der Waals surface area contributed by atoms with Gasteiger partial charge in [0.1, 0.15) is 5.76 Å². The van der Waals surface area contributed by atoms with Gasteiger partial charge in [-0.2, -0.15) is 0 Å². The number of carbonyl (C=O) groups is 2. The van der Waals surface area contributed by atoms with Crippen molar-refractivity contribution in [2.24, 2.45) is 0 Å². The van der Waals surface area contributed by atoms with Crippen molar-refractivity contribution >= 4 is 12.3 Å². The number of aldehydes is 1. The van der Waals surface area contributed by atoms with Gasteiger partial charge in [0.15, 0.2) is 12.0 Å². The van der Waals surface area contributed by atoms with Gasteiger partial charge in [0.25, 0.3) is 0 Å². The number of carbonyl (C=O) groups excluding carboxylic acids is 2. The molecule has 1 heterocycles. The zero-order chi connectivity index (χ0) is 14.4. The number of esters is 1. The second kappa shape index (κ2) is 6.70. The summed E-state index contributed by atoms with van der Waals surface area (Å²) in [7, 11) is 0. The summed E-state index contributed by atoms with van der Waals surface area (Å²) >= 11 is 0. The number of benzene rings is 1. The first-order valence-corrected chi connectivity index (χ1v) is 6.57. The quantitative estimate of drug-likeness (QED) is 0.457. The predicted octanol–water partition coefficient (Wildman–Crippen LogP) is 3.72. The highest BCUT2D eigenvalue weighted by Gasteiger charge is 2.08. The van der Waals surface area contributed by atoms with Crippen LogP contribution in [0.2, 0.25) is 0 Å². The van der Waals surface area contributed by atoms with E-state index in [-0.39, 0.29) is 11.7 Å². The van der Waals surface area contributed by atoms with E-state index < -0.39 is 0 Å². The van der Waals surface area contributed by atoms with Crippen LogP contribution in [0.5, 0.6) is 0 Å². The molecule has 0 aliphatic heterocycles. The predicted molar refractivity (Wildman–Crippen MR) is 74.7 cm³/mol. The van der Waals surface area contributed by atoms with E-state index in [2.05, 4.69) is 0 Å². The SMILES string of the molecule is CCCCOC(=O)c1ccc(-c2ccc(C=O)o2)cc1. The molecule has 0 N–H and O–H groups in total. The van der Waals surface area contributed by atoms with Gasteiger partial charge in [-0.05, 0) is 30.7 Å². The molecule has 4 nitrogen and oxygen atoms in total. The lowest BCUT2D eigenvalue weighted by Gasteiger charge is -2.04. The fourth-order valence-corrected chi connectivity index (χ4v) is 1.73. The second-order valence-electron chi connectivity index (χ2n) is 4.39. The van der Waals surface area contributed by atoms with Crippen molar-refractivity contribution in [3.05, 3.63) is 47.7 Å². The van der Waals surface area contributed by atoms with Gasteiger partial charge in [-0.15, -0.1) is 0 Å². The maximum Gasteiger partial charge on any atom is 0.338 e. The van der Waals surface area contributed by atoms with E-state index in [9.17, 15) is 9.59 Å². The summed E-state index contributed by atoms with van der Waals surface area (Å²) in [4.78, 5) is 22.3. The minimum Gasteiger partial charge on any atom is -0.462 e. The molecule has 0 atom stereocenters. The van der Waals surface area contributed by atoms with E-state index in [0.717, 1.165) is 18.4 Å². The Hall–Kier alpha value is -2.36. The number of hydrogen-bond donors (Lipinski definition) is 0. The van der Waals surface area contributed by atoms with Gasteiger partial charge in [-0.1, -0.05) is 25.5 Å². The number of rotatable bonds is 6. The number of unbranched alkanes of at least 4 members (excludes halogenated alkanes) is 1. The molecule has 2 aromatic rings. The third-order valence-corrected chi connectivity index (χ3v) is 2.88. The van der Waals surface area contributed by atoms with Crippen molar-refractivity contribution in [1.29, 1.82) is 0 Å². The molecule has 0 aliphatic carbocycles. The Morgan fingerprint density at radius 2 is 1.95 bits per heavy atom. The third-order valence-electron chi connectivity index (χ3n) is 2.88. The molecule has 0 spiro atoms. The lowest BCUT2D eigenvalue weighted by Crippen LogP contribution is -2.05. The highest BCUT2D eigenvalue weighted by Crippen LogP contribution is 2.22. The zero-order valence-electron chi connectivity index (χ0n) is 11.3. The van der Waals surface area contributed by atoms with Crippen LogP contribution in [-0.4, -0.2) is 18.9 Å². The second-order valence-corrected chi connectivity index (χ2v) is 4.39. The minimum absolute atomic E-state index is 0.281. The van der Waals surface area contributed by atoms with Crippen molar-refractivity contribution in [3.63, 3.8) is 0 Å². The average molecular weight is 272 g/mol. The summed E-state index contributed by atoms with van der Waals surface area (Å²) in [6.45, 7) is 2.48. The molecule has 0 amide bonds. The monoisotopic (exact) mass is 272 g/mol. The van der Waals surface area contributed by atoms with E-state index in [4.69, 9.17) is 9.15 Å². The molecular formula is C16H16O4. The Kier molecular flexibility index (Phi) is 4.71. The van der Waals surface area contributed by atoms with Crippen molar-refractivity contribution < 1.29 is 18.7 Å².